The Kier molecular flexibility index (Phi) is 5.98. The van der Waals surface area contributed by atoms with Gasteiger partial charge in [-0.2, -0.15) is 0 Å². The molecule has 0 bridgehead atoms. The van der Waals surface area contributed by atoms with Crippen LogP contribution < -0.4 is 5.32 Å². The minimum atomic E-state index is -3.25. The molecule has 1 N–H and O–H groups in total. The topological polar surface area (TPSA) is 66.5 Å². The SMILES string of the molecule is CC(c1ccc(S(C)(=O)=O)cc1)N(C)C(=O)Nc1ccc(Cl)cc1Cl. The van der Waals surface area contributed by atoms with Crippen molar-refractivity contribution in [3.63, 3.8) is 0 Å². The molecule has 1 atom stereocenters. The molecule has 0 saturated heterocycles. The molecule has 0 radical (unpaired) electrons. The molecule has 0 spiro atoms. The van der Waals surface area contributed by atoms with Crippen LogP contribution in [0.3, 0.4) is 0 Å². The largest absolute Gasteiger partial charge is 0.322 e. The maximum absolute atomic E-state index is 12.4. The molecule has 0 heterocycles. The van der Waals surface area contributed by atoms with Gasteiger partial charge < -0.3 is 10.2 Å². The highest BCUT2D eigenvalue weighted by Crippen LogP contribution is 2.27. The van der Waals surface area contributed by atoms with Gasteiger partial charge in [0.25, 0.3) is 0 Å². The number of rotatable bonds is 4. The minimum absolute atomic E-state index is 0.239. The van der Waals surface area contributed by atoms with Gasteiger partial charge >= 0.3 is 6.03 Å². The molecule has 0 aliphatic rings. The lowest BCUT2D eigenvalue weighted by Crippen LogP contribution is -2.33. The fourth-order valence-corrected chi connectivity index (χ4v) is 3.27. The number of carbonyl (C=O) groups is 1. The summed E-state index contributed by atoms with van der Waals surface area (Å²) in [4.78, 5) is 14.2. The number of nitrogens with zero attached hydrogens (tertiary/aromatic N) is 1. The maximum atomic E-state index is 12.4. The molecule has 0 aliphatic heterocycles. The molecular formula is C17H18Cl2N2O3S. The first-order chi connectivity index (χ1) is 11.6. The fourth-order valence-electron chi connectivity index (χ4n) is 2.19. The van der Waals surface area contributed by atoms with Crippen LogP contribution in [0.15, 0.2) is 47.4 Å². The summed E-state index contributed by atoms with van der Waals surface area (Å²) in [5.74, 6) is 0. The van der Waals surface area contributed by atoms with E-state index in [1.807, 2.05) is 6.92 Å². The van der Waals surface area contributed by atoms with E-state index in [0.717, 1.165) is 11.8 Å². The van der Waals surface area contributed by atoms with E-state index in [1.54, 1.807) is 37.4 Å². The Bertz CT molecular complexity index is 883. The van der Waals surface area contributed by atoms with E-state index in [0.29, 0.717) is 15.7 Å². The summed E-state index contributed by atoms with van der Waals surface area (Å²) >= 11 is 11.9. The molecule has 2 amide bonds. The van der Waals surface area contributed by atoms with E-state index >= 15 is 0 Å². The van der Waals surface area contributed by atoms with Gasteiger partial charge in [-0.3, -0.25) is 0 Å². The molecule has 0 fully saturated rings. The van der Waals surface area contributed by atoms with Crippen LogP contribution >= 0.6 is 23.2 Å². The van der Waals surface area contributed by atoms with Crippen LogP contribution in [0.5, 0.6) is 0 Å². The molecule has 2 aromatic carbocycles. The molecule has 0 saturated carbocycles. The van der Waals surface area contributed by atoms with Crippen molar-refractivity contribution >= 4 is 44.8 Å². The summed E-state index contributed by atoms with van der Waals surface area (Å²) in [6.45, 7) is 1.85. The highest BCUT2D eigenvalue weighted by Gasteiger charge is 2.19. The zero-order valence-corrected chi connectivity index (χ0v) is 16.3. The van der Waals surface area contributed by atoms with Gasteiger partial charge in [0.1, 0.15) is 0 Å². The first kappa shape index (κ1) is 19.6. The third-order valence-electron chi connectivity index (χ3n) is 3.86. The Morgan fingerprint density at radius 1 is 1.12 bits per heavy atom. The second kappa shape index (κ2) is 7.64. The summed E-state index contributed by atoms with van der Waals surface area (Å²) in [6, 6.07) is 10.7. The molecule has 0 aromatic heterocycles. The molecule has 2 rings (SSSR count). The van der Waals surface area contributed by atoms with Crippen molar-refractivity contribution in [3.8, 4) is 0 Å². The summed E-state index contributed by atoms with van der Waals surface area (Å²) in [5.41, 5.74) is 1.27. The number of anilines is 1. The predicted octanol–water partition coefficient (Wildman–Crippen LogP) is 4.62. The van der Waals surface area contributed by atoms with E-state index in [1.165, 1.54) is 17.0 Å². The molecule has 134 valence electrons. The number of halogens is 2. The van der Waals surface area contributed by atoms with E-state index in [4.69, 9.17) is 23.2 Å². The highest BCUT2D eigenvalue weighted by molar-refractivity contribution is 7.90. The van der Waals surface area contributed by atoms with Crippen LogP contribution in [-0.2, 0) is 9.84 Å². The van der Waals surface area contributed by atoms with Gasteiger partial charge in [0.15, 0.2) is 9.84 Å². The fraction of sp³-hybridized carbons (Fsp3) is 0.235. The first-order valence-electron chi connectivity index (χ1n) is 7.38. The van der Waals surface area contributed by atoms with Crippen LogP contribution in [0.1, 0.15) is 18.5 Å². The Morgan fingerprint density at radius 2 is 1.72 bits per heavy atom. The molecule has 25 heavy (non-hydrogen) atoms. The standard InChI is InChI=1S/C17H18Cl2N2O3S/c1-11(12-4-7-14(8-5-12)25(3,23)24)21(2)17(22)20-16-9-6-13(18)10-15(16)19/h4-11H,1-3H3,(H,20,22). The van der Waals surface area contributed by atoms with Crippen molar-refractivity contribution in [2.75, 3.05) is 18.6 Å². The average molecular weight is 401 g/mol. The zero-order valence-electron chi connectivity index (χ0n) is 14.0. The Labute approximate surface area is 157 Å². The van der Waals surface area contributed by atoms with Gasteiger partial charge in [0.2, 0.25) is 0 Å². The van der Waals surface area contributed by atoms with Crippen molar-refractivity contribution in [1.29, 1.82) is 0 Å². The lowest BCUT2D eigenvalue weighted by molar-refractivity contribution is 0.208. The normalized spacial score (nSPS) is 12.5. The summed E-state index contributed by atoms with van der Waals surface area (Å²) < 4.78 is 23.0. The van der Waals surface area contributed by atoms with Gasteiger partial charge in [-0.15, -0.1) is 0 Å². The van der Waals surface area contributed by atoms with Crippen molar-refractivity contribution in [3.05, 3.63) is 58.1 Å². The smallest absolute Gasteiger partial charge is 0.321 e. The number of nitrogens with one attached hydrogen (secondary N) is 1. The van der Waals surface area contributed by atoms with Gasteiger partial charge in [-0.1, -0.05) is 35.3 Å². The van der Waals surface area contributed by atoms with Crippen LogP contribution in [0, 0.1) is 0 Å². The summed E-state index contributed by atoms with van der Waals surface area (Å²) in [7, 11) is -1.60. The third-order valence-corrected chi connectivity index (χ3v) is 5.54. The number of carbonyl (C=O) groups excluding carboxylic acids is 1. The van der Waals surface area contributed by atoms with Gasteiger partial charge in [0, 0.05) is 18.3 Å². The number of hydrogen-bond acceptors (Lipinski definition) is 3. The Balaban J connectivity index is 2.13. The minimum Gasteiger partial charge on any atom is -0.321 e. The van der Waals surface area contributed by atoms with Crippen molar-refractivity contribution in [1.82, 2.24) is 4.90 Å². The van der Waals surface area contributed by atoms with Crippen LogP contribution in [0.4, 0.5) is 10.5 Å². The van der Waals surface area contributed by atoms with Crippen LogP contribution in [0.2, 0.25) is 10.0 Å². The molecule has 0 aliphatic carbocycles. The molecule has 8 heteroatoms. The summed E-state index contributed by atoms with van der Waals surface area (Å²) in [6.07, 6.45) is 1.15. The van der Waals surface area contributed by atoms with Gasteiger partial charge in [-0.25, -0.2) is 13.2 Å². The Morgan fingerprint density at radius 3 is 2.24 bits per heavy atom. The van der Waals surface area contributed by atoms with E-state index in [9.17, 15) is 13.2 Å². The third kappa shape index (κ3) is 4.87. The molecule has 1 unspecified atom stereocenters. The number of amides is 2. The number of benzene rings is 2. The van der Waals surface area contributed by atoms with Crippen LogP contribution in [0.25, 0.3) is 0 Å². The molecular weight excluding hydrogens is 383 g/mol. The lowest BCUT2D eigenvalue weighted by Gasteiger charge is -2.26. The van der Waals surface area contributed by atoms with E-state index in [2.05, 4.69) is 5.32 Å². The van der Waals surface area contributed by atoms with Gasteiger partial charge in [0.05, 0.1) is 21.6 Å². The van der Waals surface area contributed by atoms with Crippen molar-refractivity contribution in [2.45, 2.75) is 17.9 Å². The lowest BCUT2D eigenvalue weighted by atomic mass is 10.1. The van der Waals surface area contributed by atoms with Crippen LogP contribution in [-0.4, -0.2) is 32.7 Å². The van der Waals surface area contributed by atoms with E-state index in [-0.39, 0.29) is 17.0 Å². The Hall–Kier alpha value is -1.76. The quantitative estimate of drug-likeness (QED) is 0.813. The monoisotopic (exact) mass is 400 g/mol. The molecule has 2 aromatic rings. The number of urea groups is 1. The summed E-state index contributed by atoms with van der Waals surface area (Å²) in [5, 5.41) is 3.55. The number of sulfone groups is 1. The van der Waals surface area contributed by atoms with Crippen molar-refractivity contribution in [2.24, 2.45) is 0 Å². The van der Waals surface area contributed by atoms with Gasteiger partial charge in [-0.05, 0) is 42.8 Å². The average Bonchev–Trinajstić information content (AvgIpc) is 2.55. The number of hydrogen-bond donors (Lipinski definition) is 1. The van der Waals surface area contributed by atoms with Crippen molar-refractivity contribution < 1.29 is 13.2 Å². The molecule has 5 nitrogen and oxygen atoms in total. The highest BCUT2D eigenvalue weighted by atomic mass is 35.5. The zero-order chi connectivity index (χ0) is 18.8. The second-order valence-electron chi connectivity index (χ2n) is 5.68. The maximum Gasteiger partial charge on any atom is 0.322 e. The van der Waals surface area contributed by atoms with E-state index < -0.39 is 9.84 Å². The predicted molar refractivity (Wildman–Crippen MR) is 101 cm³/mol. The first-order valence-corrected chi connectivity index (χ1v) is 10.0. The second-order valence-corrected chi connectivity index (χ2v) is 8.54.